The normalized spacial score (nSPS) is 25.6. The van der Waals surface area contributed by atoms with Gasteiger partial charge in [-0.25, -0.2) is 0 Å². The second-order valence-electron chi connectivity index (χ2n) is 2.99. The predicted octanol–water partition coefficient (Wildman–Crippen LogP) is 1.50. The van der Waals surface area contributed by atoms with Gasteiger partial charge in [0.1, 0.15) is 0 Å². The van der Waals surface area contributed by atoms with Crippen molar-refractivity contribution in [3.63, 3.8) is 0 Å². The standard InChI is InChI=1S/C11H11NO/c13-11(8-4-5-9-12-11)10-6-2-1-3-7-10/h1-9,12-13H. The number of hydrogen-bond acceptors (Lipinski definition) is 2. The van der Waals surface area contributed by atoms with Crippen molar-refractivity contribution in [2.45, 2.75) is 5.72 Å². The van der Waals surface area contributed by atoms with Crippen molar-refractivity contribution in [2.24, 2.45) is 0 Å². The molecule has 1 heterocycles. The number of dihydropyridines is 1. The van der Waals surface area contributed by atoms with E-state index in [-0.39, 0.29) is 0 Å². The lowest BCUT2D eigenvalue weighted by atomic mass is 10.0. The molecule has 1 aliphatic rings. The fraction of sp³-hybridized carbons (Fsp3) is 0.0909. The molecule has 13 heavy (non-hydrogen) atoms. The van der Waals surface area contributed by atoms with Crippen molar-refractivity contribution >= 4 is 0 Å². The monoisotopic (exact) mass is 173 g/mol. The van der Waals surface area contributed by atoms with Gasteiger partial charge in [-0.1, -0.05) is 36.4 Å². The highest BCUT2D eigenvalue weighted by Gasteiger charge is 2.24. The SMILES string of the molecule is OC1(c2ccccc2)C=CC=CN1. The van der Waals surface area contributed by atoms with E-state index in [9.17, 15) is 5.11 Å². The van der Waals surface area contributed by atoms with E-state index in [1.165, 1.54) is 0 Å². The van der Waals surface area contributed by atoms with Crippen LogP contribution in [-0.2, 0) is 5.72 Å². The van der Waals surface area contributed by atoms with Crippen LogP contribution >= 0.6 is 0 Å². The van der Waals surface area contributed by atoms with Crippen LogP contribution in [0.5, 0.6) is 0 Å². The molecule has 0 aromatic heterocycles. The molecule has 1 aliphatic heterocycles. The lowest BCUT2D eigenvalue weighted by Gasteiger charge is -2.27. The van der Waals surface area contributed by atoms with Crippen LogP contribution in [0.25, 0.3) is 0 Å². The molecule has 2 N–H and O–H groups in total. The van der Waals surface area contributed by atoms with Crippen molar-refractivity contribution in [2.75, 3.05) is 0 Å². The average molecular weight is 173 g/mol. The highest BCUT2D eigenvalue weighted by molar-refractivity contribution is 5.30. The summed E-state index contributed by atoms with van der Waals surface area (Å²) in [5.74, 6) is 0. The van der Waals surface area contributed by atoms with E-state index < -0.39 is 5.72 Å². The van der Waals surface area contributed by atoms with Crippen LogP contribution in [0, 0.1) is 0 Å². The van der Waals surface area contributed by atoms with Crippen molar-refractivity contribution < 1.29 is 5.11 Å². The number of nitrogens with one attached hydrogen (secondary N) is 1. The van der Waals surface area contributed by atoms with Crippen molar-refractivity contribution in [1.29, 1.82) is 0 Å². The largest absolute Gasteiger partial charge is 0.364 e. The first-order valence-corrected chi connectivity index (χ1v) is 4.21. The molecule has 2 rings (SSSR count). The molecule has 1 aromatic carbocycles. The van der Waals surface area contributed by atoms with Gasteiger partial charge in [-0.15, -0.1) is 0 Å². The first kappa shape index (κ1) is 8.08. The summed E-state index contributed by atoms with van der Waals surface area (Å²) in [6.45, 7) is 0. The van der Waals surface area contributed by atoms with Gasteiger partial charge in [0.05, 0.1) is 0 Å². The lowest BCUT2D eigenvalue weighted by molar-refractivity contribution is 0.0653. The Morgan fingerprint density at radius 1 is 1.08 bits per heavy atom. The summed E-state index contributed by atoms with van der Waals surface area (Å²) in [5.41, 5.74) is -0.202. The van der Waals surface area contributed by atoms with Gasteiger partial charge in [-0.05, 0) is 18.4 Å². The number of allylic oxidation sites excluding steroid dienone is 2. The predicted molar refractivity (Wildman–Crippen MR) is 51.8 cm³/mol. The average Bonchev–Trinajstić information content (AvgIpc) is 2.20. The van der Waals surface area contributed by atoms with Gasteiger partial charge in [0.2, 0.25) is 0 Å². The Balaban J connectivity index is 2.35. The van der Waals surface area contributed by atoms with Gasteiger partial charge in [-0.3, -0.25) is 0 Å². The molecule has 0 saturated carbocycles. The molecule has 2 heteroatoms. The Labute approximate surface area is 77.2 Å². The minimum atomic E-state index is -1.05. The van der Waals surface area contributed by atoms with Crippen molar-refractivity contribution in [3.05, 3.63) is 60.3 Å². The molecule has 66 valence electrons. The molecule has 0 bridgehead atoms. The van der Waals surface area contributed by atoms with E-state index in [0.717, 1.165) is 5.56 Å². The second kappa shape index (κ2) is 3.07. The van der Waals surface area contributed by atoms with Crippen LogP contribution in [0.1, 0.15) is 5.56 Å². The second-order valence-corrected chi connectivity index (χ2v) is 2.99. The third kappa shape index (κ3) is 1.48. The summed E-state index contributed by atoms with van der Waals surface area (Å²) in [5, 5.41) is 13.0. The summed E-state index contributed by atoms with van der Waals surface area (Å²) in [7, 11) is 0. The third-order valence-corrected chi connectivity index (χ3v) is 2.06. The van der Waals surface area contributed by atoms with Gasteiger partial charge in [0, 0.05) is 5.56 Å². The summed E-state index contributed by atoms with van der Waals surface area (Å²) in [4.78, 5) is 0. The third-order valence-electron chi connectivity index (χ3n) is 2.06. The van der Waals surface area contributed by atoms with Crippen molar-refractivity contribution in [3.8, 4) is 0 Å². The highest BCUT2D eigenvalue weighted by Crippen LogP contribution is 2.21. The Morgan fingerprint density at radius 3 is 2.46 bits per heavy atom. The maximum atomic E-state index is 10.1. The van der Waals surface area contributed by atoms with Gasteiger partial charge in [0.15, 0.2) is 5.72 Å². The summed E-state index contributed by atoms with van der Waals surface area (Å²) in [6, 6.07) is 9.50. The smallest absolute Gasteiger partial charge is 0.181 e. The van der Waals surface area contributed by atoms with E-state index >= 15 is 0 Å². The maximum Gasteiger partial charge on any atom is 0.181 e. The molecule has 1 atom stereocenters. The number of aliphatic hydroxyl groups is 1. The molecule has 0 spiro atoms. The van der Waals surface area contributed by atoms with Gasteiger partial charge < -0.3 is 10.4 Å². The summed E-state index contributed by atoms with van der Waals surface area (Å²) < 4.78 is 0. The molecule has 0 amide bonds. The molecule has 1 unspecified atom stereocenters. The van der Waals surface area contributed by atoms with E-state index in [0.29, 0.717) is 0 Å². The minimum absolute atomic E-state index is 0.843. The topological polar surface area (TPSA) is 32.3 Å². The van der Waals surface area contributed by atoms with Gasteiger partial charge in [0.25, 0.3) is 0 Å². The fourth-order valence-corrected chi connectivity index (χ4v) is 1.35. The molecular formula is C11H11NO. The zero-order valence-corrected chi connectivity index (χ0v) is 7.14. The maximum absolute atomic E-state index is 10.1. The molecule has 0 saturated heterocycles. The fourth-order valence-electron chi connectivity index (χ4n) is 1.35. The van der Waals surface area contributed by atoms with Crippen LogP contribution in [0.4, 0.5) is 0 Å². The summed E-state index contributed by atoms with van der Waals surface area (Å²) in [6.07, 6.45) is 7.12. The van der Waals surface area contributed by atoms with E-state index in [2.05, 4.69) is 5.32 Å². The van der Waals surface area contributed by atoms with Crippen molar-refractivity contribution in [1.82, 2.24) is 5.32 Å². The molecule has 0 fully saturated rings. The quantitative estimate of drug-likeness (QED) is 0.674. The summed E-state index contributed by atoms with van der Waals surface area (Å²) >= 11 is 0. The van der Waals surface area contributed by atoms with Gasteiger partial charge >= 0.3 is 0 Å². The van der Waals surface area contributed by atoms with Crippen LogP contribution in [0.15, 0.2) is 54.8 Å². The van der Waals surface area contributed by atoms with Gasteiger partial charge in [-0.2, -0.15) is 0 Å². The number of benzene rings is 1. The first-order chi connectivity index (χ1) is 6.31. The van der Waals surface area contributed by atoms with E-state index in [1.807, 2.05) is 42.5 Å². The zero-order valence-electron chi connectivity index (χ0n) is 7.14. The Morgan fingerprint density at radius 2 is 1.85 bits per heavy atom. The lowest BCUT2D eigenvalue weighted by Crippen LogP contribution is -2.38. The molecule has 2 nitrogen and oxygen atoms in total. The molecule has 0 radical (unpaired) electrons. The van der Waals surface area contributed by atoms with Crippen LogP contribution in [0.2, 0.25) is 0 Å². The molecule has 0 aliphatic carbocycles. The van der Waals surface area contributed by atoms with Crippen LogP contribution < -0.4 is 5.32 Å². The number of rotatable bonds is 1. The zero-order chi connectivity index (χ0) is 9.15. The Kier molecular flexibility index (Phi) is 1.91. The molecular weight excluding hydrogens is 162 g/mol. The first-order valence-electron chi connectivity index (χ1n) is 4.21. The Bertz CT molecular complexity index is 342. The van der Waals surface area contributed by atoms with E-state index in [1.54, 1.807) is 12.3 Å². The molecule has 1 aromatic rings. The minimum Gasteiger partial charge on any atom is -0.364 e. The van der Waals surface area contributed by atoms with Crippen LogP contribution in [0.3, 0.4) is 0 Å². The Hall–Kier alpha value is -1.54. The number of hydrogen-bond donors (Lipinski definition) is 2. The van der Waals surface area contributed by atoms with Crippen LogP contribution in [-0.4, -0.2) is 5.11 Å². The van der Waals surface area contributed by atoms with E-state index in [4.69, 9.17) is 0 Å². The highest BCUT2D eigenvalue weighted by atomic mass is 16.3.